The molecule has 2 aromatic carbocycles. The molecule has 0 bridgehead atoms. The van der Waals surface area contributed by atoms with Crippen LogP contribution in [0, 0.1) is 0 Å². The highest BCUT2D eigenvalue weighted by Gasteiger charge is 2.24. The van der Waals surface area contributed by atoms with Gasteiger partial charge in [0.2, 0.25) is 5.88 Å². The zero-order valence-electron chi connectivity index (χ0n) is 20.5. The Hall–Kier alpha value is -3.39. The Balaban J connectivity index is 1.67. The highest BCUT2D eigenvalue weighted by molar-refractivity contribution is 5.65. The van der Waals surface area contributed by atoms with Crippen LogP contribution in [0.25, 0.3) is 11.3 Å². The molecule has 4 aromatic rings. The van der Waals surface area contributed by atoms with Crippen LogP contribution in [0.5, 0.6) is 11.6 Å². The summed E-state index contributed by atoms with van der Waals surface area (Å²) in [6.45, 7) is 5.61. The van der Waals surface area contributed by atoms with Crippen LogP contribution in [-0.4, -0.2) is 45.1 Å². The van der Waals surface area contributed by atoms with Crippen molar-refractivity contribution in [1.29, 1.82) is 0 Å². The molecule has 0 unspecified atom stereocenters. The minimum Gasteiger partial charge on any atom is -0.468 e. The van der Waals surface area contributed by atoms with E-state index < -0.39 is 6.10 Å². The maximum absolute atomic E-state index is 10.7. The minimum atomic E-state index is -0.650. The van der Waals surface area contributed by atoms with E-state index >= 15 is 0 Å². The Morgan fingerprint density at radius 3 is 2.34 bits per heavy atom. The number of hydrogen-bond acceptors (Lipinski definition) is 6. The van der Waals surface area contributed by atoms with Gasteiger partial charge in [0.05, 0.1) is 37.2 Å². The van der Waals surface area contributed by atoms with Crippen molar-refractivity contribution in [3.05, 3.63) is 90.4 Å². The standard InChI is InChI=1S/C28H33N3O4/c1-21(2)34-20-23(32)17-31(18-25-15-10-16-33-25)19-26-27(22-11-6-4-7-12-22)29-30(3)28(26)35-24-13-8-5-9-14-24/h4-16,21,23,32H,17-20H2,1-3H3/t23-/m1/s1. The van der Waals surface area contributed by atoms with Crippen molar-refractivity contribution in [2.24, 2.45) is 7.05 Å². The summed E-state index contributed by atoms with van der Waals surface area (Å²) in [6, 6.07) is 23.6. The monoisotopic (exact) mass is 475 g/mol. The van der Waals surface area contributed by atoms with E-state index in [0.29, 0.717) is 25.5 Å². The maximum atomic E-state index is 10.7. The molecule has 0 aliphatic rings. The largest absolute Gasteiger partial charge is 0.468 e. The van der Waals surface area contributed by atoms with Crippen molar-refractivity contribution in [2.75, 3.05) is 13.2 Å². The lowest BCUT2D eigenvalue weighted by atomic mass is 10.1. The van der Waals surface area contributed by atoms with Crippen LogP contribution >= 0.6 is 0 Å². The molecule has 0 aliphatic carbocycles. The zero-order valence-corrected chi connectivity index (χ0v) is 20.5. The highest BCUT2D eigenvalue weighted by atomic mass is 16.5. The number of furan rings is 1. The number of hydrogen-bond donors (Lipinski definition) is 1. The first-order chi connectivity index (χ1) is 17.0. The fraction of sp³-hybridized carbons (Fsp3) is 0.321. The Labute approximate surface area is 206 Å². The summed E-state index contributed by atoms with van der Waals surface area (Å²) in [5.74, 6) is 2.21. The van der Waals surface area contributed by atoms with E-state index in [1.807, 2.05) is 93.7 Å². The average molecular weight is 476 g/mol. The number of aliphatic hydroxyl groups is 1. The first-order valence-corrected chi connectivity index (χ1v) is 11.9. The summed E-state index contributed by atoms with van der Waals surface area (Å²) in [6.07, 6.45) is 1.06. The summed E-state index contributed by atoms with van der Waals surface area (Å²) in [7, 11) is 1.89. The van der Waals surface area contributed by atoms with Crippen LogP contribution in [0.15, 0.2) is 83.5 Å². The van der Waals surface area contributed by atoms with Gasteiger partial charge in [-0.2, -0.15) is 5.10 Å². The molecule has 0 radical (unpaired) electrons. The van der Waals surface area contributed by atoms with E-state index in [1.54, 1.807) is 10.9 Å². The lowest BCUT2D eigenvalue weighted by Gasteiger charge is -2.25. The summed E-state index contributed by atoms with van der Waals surface area (Å²) in [5.41, 5.74) is 2.78. The highest BCUT2D eigenvalue weighted by Crippen LogP contribution is 2.34. The Kier molecular flexibility index (Phi) is 8.36. The van der Waals surface area contributed by atoms with Crippen molar-refractivity contribution in [1.82, 2.24) is 14.7 Å². The van der Waals surface area contributed by atoms with Gasteiger partial charge in [-0.05, 0) is 38.1 Å². The molecule has 2 aromatic heterocycles. The summed E-state index contributed by atoms with van der Waals surface area (Å²) >= 11 is 0. The number of benzene rings is 2. The normalized spacial score (nSPS) is 12.4. The molecule has 35 heavy (non-hydrogen) atoms. The van der Waals surface area contributed by atoms with Crippen molar-refractivity contribution < 1.29 is 19.0 Å². The van der Waals surface area contributed by atoms with Gasteiger partial charge >= 0.3 is 0 Å². The van der Waals surface area contributed by atoms with Gasteiger partial charge < -0.3 is 19.0 Å². The van der Waals surface area contributed by atoms with E-state index in [2.05, 4.69) is 4.90 Å². The molecule has 2 heterocycles. The van der Waals surface area contributed by atoms with Crippen LogP contribution in [0.1, 0.15) is 25.2 Å². The van der Waals surface area contributed by atoms with Crippen molar-refractivity contribution >= 4 is 0 Å². The van der Waals surface area contributed by atoms with Gasteiger partial charge in [-0.1, -0.05) is 48.5 Å². The van der Waals surface area contributed by atoms with E-state index in [4.69, 9.17) is 19.0 Å². The molecule has 0 aliphatic heterocycles. The third-order valence-corrected chi connectivity index (χ3v) is 5.53. The second-order valence-electron chi connectivity index (χ2n) is 8.82. The van der Waals surface area contributed by atoms with Gasteiger partial charge in [0.15, 0.2) is 0 Å². The van der Waals surface area contributed by atoms with Gasteiger partial charge in [0.25, 0.3) is 0 Å². The smallest absolute Gasteiger partial charge is 0.222 e. The van der Waals surface area contributed by atoms with Gasteiger partial charge in [-0.15, -0.1) is 0 Å². The van der Waals surface area contributed by atoms with Gasteiger partial charge in [0, 0.05) is 25.7 Å². The fourth-order valence-corrected chi connectivity index (χ4v) is 3.94. The Morgan fingerprint density at radius 2 is 1.69 bits per heavy atom. The molecular weight excluding hydrogens is 442 g/mol. The maximum Gasteiger partial charge on any atom is 0.222 e. The summed E-state index contributed by atoms with van der Waals surface area (Å²) in [4.78, 5) is 2.13. The van der Waals surface area contributed by atoms with Crippen LogP contribution in [0.3, 0.4) is 0 Å². The first-order valence-electron chi connectivity index (χ1n) is 11.9. The summed E-state index contributed by atoms with van der Waals surface area (Å²) in [5, 5.41) is 15.5. The van der Waals surface area contributed by atoms with Crippen molar-refractivity contribution in [3.8, 4) is 22.9 Å². The number of aliphatic hydroxyl groups excluding tert-OH is 1. The molecule has 184 valence electrons. The third kappa shape index (κ3) is 6.82. The van der Waals surface area contributed by atoms with Crippen LogP contribution in [0.4, 0.5) is 0 Å². The van der Waals surface area contributed by atoms with Crippen LogP contribution in [-0.2, 0) is 24.9 Å². The molecule has 1 atom stereocenters. The Bertz CT molecular complexity index is 1160. The number of ether oxygens (including phenoxy) is 2. The van der Waals surface area contributed by atoms with E-state index in [9.17, 15) is 5.11 Å². The minimum absolute atomic E-state index is 0.0528. The second-order valence-corrected chi connectivity index (χ2v) is 8.82. The number of aryl methyl sites for hydroxylation is 1. The first kappa shape index (κ1) is 24.7. The van der Waals surface area contributed by atoms with Crippen molar-refractivity contribution in [3.63, 3.8) is 0 Å². The van der Waals surface area contributed by atoms with Crippen LogP contribution in [0.2, 0.25) is 0 Å². The second kappa shape index (κ2) is 11.8. The predicted octanol–water partition coefficient (Wildman–Crippen LogP) is 5.26. The van der Waals surface area contributed by atoms with Gasteiger partial charge in [-0.25, -0.2) is 4.68 Å². The number of rotatable bonds is 12. The number of para-hydroxylation sites is 1. The van der Waals surface area contributed by atoms with Crippen LogP contribution < -0.4 is 4.74 Å². The molecule has 0 spiro atoms. The molecule has 0 saturated carbocycles. The molecule has 4 rings (SSSR count). The summed E-state index contributed by atoms with van der Waals surface area (Å²) < 4.78 is 19.4. The van der Waals surface area contributed by atoms with Gasteiger partial charge in [0.1, 0.15) is 17.2 Å². The zero-order chi connectivity index (χ0) is 24.6. The molecule has 0 fully saturated rings. The quantitative estimate of drug-likeness (QED) is 0.301. The number of nitrogens with zero attached hydrogens (tertiary/aromatic N) is 3. The average Bonchev–Trinajstić information content (AvgIpc) is 3.47. The van der Waals surface area contributed by atoms with Crippen molar-refractivity contribution in [2.45, 2.75) is 39.1 Å². The number of aromatic nitrogens is 2. The predicted molar refractivity (Wildman–Crippen MR) is 135 cm³/mol. The molecular formula is C28H33N3O4. The molecule has 0 saturated heterocycles. The lowest BCUT2D eigenvalue weighted by Crippen LogP contribution is -2.35. The molecule has 0 amide bonds. The fourth-order valence-electron chi connectivity index (χ4n) is 3.94. The topological polar surface area (TPSA) is 72.9 Å². The van der Waals surface area contributed by atoms with E-state index in [0.717, 1.165) is 28.3 Å². The lowest BCUT2D eigenvalue weighted by molar-refractivity contribution is -0.0114. The third-order valence-electron chi connectivity index (χ3n) is 5.53. The van der Waals surface area contributed by atoms with E-state index in [-0.39, 0.29) is 12.7 Å². The molecule has 7 heteroatoms. The molecule has 1 N–H and O–H groups in total. The van der Waals surface area contributed by atoms with Gasteiger partial charge in [-0.3, -0.25) is 4.90 Å². The Morgan fingerprint density at radius 1 is 0.971 bits per heavy atom. The molecule has 7 nitrogen and oxygen atoms in total. The van der Waals surface area contributed by atoms with E-state index in [1.165, 1.54) is 0 Å². The SMILES string of the molecule is CC(C)OC[C@H](O)CN(Cc1ccco1)Cc1c(-c2ccccc2)nn(C)c1Oc1ccccc1.